The zero-order chi connectivity index (χ0) is 15.0. The Morgan fingerprint density at radius 2 is 1.70 bits per heavy atom. The van der Waals surface area contributed by atoms with Gasteiger partial charge in [0, 0.05) is 5.57 Å². The smallest absolute Gasteiger partial charge is 0.333 e. The number of aryl methyl sites for hydroxylation is 2. The molecule has 0 atom stereocenters. The third-order valence-electron chi connectivity index (χ3n) is 3.03. The van der Waals surface area contributed by atoms with Crippen LogP contribution >= 0.6 is 0 Å². The summed E-state index contributed by atoms with van der Waals surface area (Å²) in [6.07, 6.45) is 2.79. The van der Waals surface area contributed by atoms with Crippen LogP contribution in [0.2, 0.25) is 0 Å². The van der Waals surface area contributed by atoms with Gasteiger partial charge in [0.2, 0.25) is 0 Å². The van der Waals surface area contributed by atoms with Crippen LogP contribution in [-0.4, -0.2) is 19.2 Å². The van der Waals surface area contributed by atoms with Crippen molar-refractivity contribution in [2.45, 2.75) is 40.0 Å². The van der Waals surface area contributed by atoms with E-state index in [9.17, 15) is 4.79 Å². The molecule has 0 saturated heterocycles. The Labute approximate surface area is 121 Å². The van der Waals surface area contributed by atoms with E-state index in [2.05, 4.69) is 32.6 Å². The van der Waals surface area contributed by atoms with Crippen LogP contribution in [0.3, 0.4) is 0 Å². The van der Waals surface area contributed by atoms with Gasteiger partial charge < -0.3 is 9.47 Å². The van der Waals surface area contributed by atoms with Crippen LogP contribution in [0.5, 0.6) is 5.75 Å². The van der Waals surface area contributed by atoms with Crippen LogP contribution in [0, 0.1) is 13.8 Å². The second kappa shape index (κ2) is 8.41. The second-order valence-electron chi connectivity index (χ2n) is 5.05. The Hall–Kier alpha value is -1.77. The summed E-state index contributed by atoms with van der Waals surface area (Å²) < 4.78 is 10.8. The molecule has 0 saturated carbocycles. The molecule has 3 heteroatoms. The van der Waals surface area contributed by atoms with Gasteiger partial charge in [-0.1, -0.05) is 24.8 Å². The molecule has 0 bridgehead atoms. The standard InChI is InChI=1S/C17H24O3/c1-13(2)17(18)20-12-7-5-6-11-19-16-14(3)9-8-10-15(16)4/h8-10H,1,5-7,11-12H2,2-4H3. The van der Waals surface area contributed by atoms with E-state index in [4.69, 9.17) is 9.47 Å². The number of unbranched alkanes of at least 4 members (excludes halogenated alkanes) is 2. The molecule has 0 aliphatic heterocycles. The van der Waals surface area contributed by atoms with Crippen LogP contribution in [0.25, 0.3) is 0 Å². The minimum atomic E-state index is -0.309. The lowest BCUT2D eigenvalue weighted by molar-refractivity contribution is -0.139. The highest BCUT2D eigenvalue weighted by atomic mass is 16.5. The number of rotatable bonds is 8. The lowest BCUT2D eigenvalue weighted by atomic mass is 10.1. The number of ether oxygens (including phenoxy) is 2. The van der Waals surface area contributed by atoms with Crippen molar-refractivity contribution in [2.24, 2.45) is 0 Å². The van der Waals surface area contributed by atoms with Crippen molar-refractivity contribution in [3.8, 4) is 5.75 Å². The molecule has 0 spiro atoms. The zero-order valence-corrected chi connectivity index (χ0v) is 12.7. The van der Waals surface area contributed by atoms with Gasteiger partial charge >= 0.3 is 5.97 Å². The maximum absolute atomic E-state index is 11.1. The van der Waals surface area contributed by atoms with Crippen molar-refractivity contribution in [2.75, 3.05) is 13.2 Å². The third-order valence-corrected chi connectivity index (χ3v) is 3.03. The van der Waals surface area contributed by atoms with E-state index in [1.807, 2.05) is 6.07 Å². The normalized spacial score (nSPS) is 10.2. The fraction of sp³-hybridized carbons (Fsp3) is 0.471. The molecule has 110 valence electrons. The lowest BCUT2D eigenvalue weighted by Crippen LogP contribution is -2.06. The molecule has 0 radical (unpaired) electrons. The van der Waals surface area contributed by atoms with E-state index >= 15 is 0 Å². The summed E-state index contributed by atoms with van der Waals surface area (Å²) in [5, 5.41) is 0. The van der Waals surface area contributed by atoms with Gasteiger partial charge in [-0.3, -0.25) is 0 Å². The van der Waals surface area contributed by atoms with Crippen LogP contribution in [0.4, 0.5) is 0 Å². The number of hydrogen-bond acceptors (Lipinski definition) is 3. The predicted molar refractivity (Wildman–Crippen MR) is 81.0 cm³/mol. The molecule has 0 aliphatic carbocycles. The Bertz CT molecular complexity index is 443. The number of carbonyl (C=O) groups is 1. The van der Waals surface area contributed by atoms with Gasteiger partial charge in [-0.2, -0.15) is 0 Å². The summed E-state index contributed by atoms with van der Waals surface area (Å²) in [7, 11) is 0. The third kappa shape index (κ3) is 5.47. The minimum Gasteiger partial charge on any atom is -0.493 e. The van der Waals surface area contributed by atoms with E-state index in [0.29, 0.717) is 18.8 Å². The van der Waals surface area contributed by atoms with Crippen LogP contribution in [0.15, 0.2) is 30.4 Å². The monoisotopic (exact) mass is 276 g/mol. The molecule has 0 amide bonds. The molecular weight excluding hydrogens is 252 g/mol. The molecule has 1 rings (SSSR count). The first-order chi connectivity index (χ1) is 9.52. The largest absolute Gasteiger partial charge is 0.493 e. The van der Waals surface area contributed by atoms with Gasteiger partial charge in [0.1, 0.15) is 5.75 Å². The highest BCUT2D eigenvalue weighted by Gasteiger charge is 2.03. The molecule has 3 nitrogen and oxygen atoms in total. The summed E-state index contributed by atoms with van der Waals surface area (Å²) >= 11 is 0. The Kier molecular flexibility index (Phi) is 6.85. The second-order valence-corrected chi connectivity index (χ2v) is 5.05. The van der Waals surface area contributed by atoms with Gasteiger partial charge in [0.05, 0.1) is 13.2 Å². The molecule has 0 unspecified atom stereocenters. The van der Waals surface area contributed by atoms with E-state index in [1.54, 1.807) is 6.92 Å². The van der Waals surface area contributed by atoms with E-state index in [-0.39, 0.29) is 5.97 Å². The number of carbonyl (C=O) groups excluding carboxylic acids is 1. The average Bonchev–Trinajstić information content (AvgIpc) is 2.40. The first-order valence-corrected chi connectivity index (χ1v) is 7.04. The van der Waals surface area contributed by atoms with Crippen molar-refractivity contribution in [3.05, 3.63) is 41.5 Å². The van der Waals surface area contributed by atoms with Crippen molar-refractivity contribution in [1.29, 1.82) is 0 Å². The first kappa shape index (κ1) is 16.3. The fourth-order valence-electron chi connectivity index (χ4n) is 1.87. The van der Waals surface area contributed by atoms with Gasteiger partial charge in [-0.05, 0) is 51.2 Å². The Morgan fingerprint density at radius 1 is 1.10 bits per heavy atom. The Balaban J connectivity index is 2.14. The van der Waals surface area contributed by atoms with E-state index < -0.39 is 0 Å². The predicted octanol–water partition coefficient (Wildman–Crippen LogP) is 3.97. The average molecular weight is 276 g/mol. The molecule has 20 heavy (non-hydrogen) atoms. The van der Waals surface area contributed by atoms with Crippen molar-refractivity contribution in [1.82, 2.24) is 0 Å². The number of hydrogen-bond donors (Lipinski definition) is 0. The number of benzene rings is 1. The maximum atomic E-state index is 11.1. The van der Waals surface area contributed by atoms with Crippen molar-refractivity contribution >= 4 is 5.97 Å². The van der Waals surface area contributed by atoms with Crippen LogP contribution in [0.1, 0.15) is 37.3 Å². The molecule has 0 aliphatic rings. The molecule has 0 aromatic heterocycles. The summed E-state index contributed by atoms with van der Waals surface area (Å²) in [5.41, 5.74) is 2.78. The van der Waals surface area contributed by atoms with Gasteiger partial charge in [0.15, 0.2) is 0 Å². The van der Waals surface area contributed by atoms with Gasteiger partial charge in [-0.25, -0.2) is 4.79 Å². The first-order valence-electron chi connectivity index (χ1n) is 7.04. The lowest BCUT2D eigenvalue weighted by Gasteiger charge is -2.11. The number of para-hydroxylation sites is 1. The molecule has 1 aromatic rings. The van der Waals surface area contributed by atoms with Gasteiger partial charge in [0.25, 0.3) is 0 Å². The quantitative estimate of drug-likeness (QED) is 0.409. The SMILES string of the molecule is C=C(C)C(=O)OCCCCCOc1c(C)cccc1C. The maximum Gasteiger partial charge on any atom is 0.333 e. The molecule has 1 aromatic carbocycles. The zero-order valence-electron chi connectivity index (χ0n) is 12.7. The fourth-order valence-corrected chi connectivity index (χ4v) is 1.87. The highest BCUT2D eigenvalue weighted by Crippen LogP contribution is 2.22. The molecule has 0 heterocycles. The van der Waals surface area contributed by atoms with E-state index in [1.165, 1.54) is 11.1 Å². The summed E-state index contributed by atoms with van der Waals surface area (Å²) in [6, 6.07) is 6.15. The topological polar surface area (TPSA) is 35.5 Å². The summed E-state index contributed by atoms with van der Waals surface area (Å²) in [5.74, 6) is 0.679. The minimum absolute atomic E-state index is 0.309. The van der Waals surface area contributed by atoms with E-state index in [0.717, 1.165) is 25.0 Å². The Morgan fingerprint density at radius 3 is 2.30 bits per heavy atom. The van der Waals surface area contributed by atoms with Crippen LogP contribution < -0.4 is 4.74 Å². The molecule has 0 fully saturated rings. The molecule has 0 N–H and O–H groups in total. The van der Waals surface area contributed by atoms with Crippen molar-refractivity contribution < 1.29 is 14.3 Å². The highest BCUT2D eigenvalue weighted by molar-refractivity contribution is 5.86. The molecular formula is C17H24O3. The summed E-state index contributed by atoms with van der Waals surface area (Å²) in [4.78, 5) is 11.1. The number of esters is 1. The summed E-state index contributed by atoms with van der Waals surface area (Å²) in [6.45, 7) is 10.5. The van der Waals surface area contributed by atoms with Crippen molar-refractivity contribution in [3.63, 3.8) is 0 Å². The van der Waals surface area contributed by atoms with Gasteiger partial charge in [-0.15, -0.1) is 0 Å². The van der Waals surface area contributed by atoms with Crippen LogP contribution in [-0.2, 0) is 9.53 Å².